The Morgan fingerprint density at radius 1 is 1.25 bits per heavy atom. The highest BCUT2D eigenvalue weighted by molar-refractivity contribution is 5.80. The van der Waals surface area contributed by atoms with Crippen molar-refractivity contribution < 1.29 is 28.7 Å². The average molecular weight is 390 g/mol. The Hall–Kier alpha value is -2.87. The lowest BCUT2D eigenvalue weighted by Gasteiger charge is -2.28. The number of nitrogens with one attached hydrogen (secondary N) is 1. The molecule has 0 aliphatic rings. The van der Waals surface area contributed by atoms with Crippen LogP contribution in [0.15, 0.2) is 28.8 Å². The van der Waals surface area contributed by atoms with Crippen LogP contribution in [0.4, 0.5) is 0 Å². The van der Waals surface area contributed by atoms with E-state index in [9.17, 15) is 9.59 Å². The van der Waals surface area contributed by atoms with Crippen molar-refractivity contribution in [1.82, 2.24) is 10.5 Å². The summed E-state index contributed by atoms with van der Waals surface area (Å²) in [7, 11) is 1.47. The summed E-state index contributed by atoms with van der Waals surface area (Å²) >= 11 is 0. The van der Waals surface area contributed by atoms with Crippen LogP contribution in [0.25, 0.3) is 0 Å². The fourth-order valence-corrected chi connectivity index (χ4v) is 2.92. The third-order valence-electron chi connectivity index (χ3n) is 4.30. The number of nitrogens with zero attached hydrogens (tertiary/aromatic N) is 1. The second-order valence-electron chi connectivity index (χ2n) is 7.02. The van der Waals surface area contributed by atoms with Crippen LogP contribution in [0.2, 0.25) is 0 Å². The number of aryl methyl sites for hydroxylation is 2. The van der Waals surface area contributed by atoms with Crippen LogP contribution in [-0.2, 0) is 27.4 Å². The molecule has 152 valence electrons. The Balaban J connectivity index is 1.92. The van der Waals surface area contributed by atoms with E-state index in [1.807, 2.05) is 13.8 Å². The second kappa shape index (κ2) is 9.36. The van der Waals surface area contributed by atoms with Gasteiger partial charge in [-0.15, -0.1) is 0 Å². The molecule has 1 heterocycles. The van der Waals surface area contributed by atoms with Crippen molar-refractivity contribution in [1.29, 1.82) is 0 Å². The zero-order valence-electron chi connectivity index (χ0n) is 16.6. The first-order valence-electron chi connectivity index (χ1n) is 8.87. The quantitative estimate of drug-likeness (QED) is 0.641. The summed E-state index contributed by atoms with van der Waals surface area (Å²) in [6.07, 6.45) is -0.0931. The molecule has 0 radical (unpaired) electrons. The monoisotopic (exact) mass is 390 g/mol. The van der Waals surface area contributed by atoms with E-state index in [4.69, 9.17) is 19.1 Å². The molecule has 0 fully saturated rings. The number of amides is 1. The zero-order valence-corrected chi connectivity index (χ0v) is 16.6. The van der Waals surface area contributed by atoms with Crippen LogP contribution in [-0.4, -0.2) is 41.4 Å². The SMILES string of the molecule is COCC(C)(CC(=O)O)NC(=O)Cc1ccc(OCc2c(C)noc2C)cc1. The summed E-state index contributed by atoms with van der Waals surface area (Å²) in [6, 6.07) is 7.17. The minimum atomic E-state index is -1.00. The van der Waals surface area contributed by atoms with E-state index in [0.29, 0.717) is 12.4 Å². The summed E-state index contributed by atoms with van der Waals surface area (Å²) in [5, 5.41) is 15.7. The smallest absolute Gasteiger partial charge is 0.305 e. The highest BCUT2D eigenvalue weighted by atomic mass is 16.5. The van der Waals surface area contributed by atoms with Crippen LogP contribution in [0, 0.1) is 13.8 Å². The molecule has 2 N–H and O–H groups in total. The maximum absolute atomic E-state index is 12.3. The summed E-state index contributed by atoms with van der Waals surface area (Å²) < 4.78 is 15.9. The van der Waals surface area contributed by atoms with Crippen molar-refractivity contribution >= 4 is 11.9 Å². The molecular formula is C20H26N2O6. The maximum atomic E-state index is 12.3. The molecule has 0 saturated heterocycles. The second-order valence-corrected chi connectivity index (χ2v) is 7.02. The highest BCUT2D eigenvalue weighted by Crippen LogP contribution is 2.18. The van der Waals surface area contributed by atoms with Gasteiger partial charge >= 0.3 is 5.97 Å². The summed E-state index contributed by atoms with van der Waals surface area (Å²) in [6.45, 7) is 5.81. The number of ether oxygens (including phenoxy) is 2. The lowest BCUT2D eigenvalue weighted by molar-refractivity contribution is -0.139. The van der Waals surface area contributed by atoms with E-state index in [0.717, 1.165) is 22.6 Å². The van der Waals surface area contributed by atoms with Gasteiger partial charge < -0.3 is 24.4 Å². The molecule has 1 unspecified atom stereocenters. The third kappa shape index (κ3) is 6.09. The maximum Gasteiger partial charge on any atom is 0.305 e. The van der Waals surface area contributed by atoms with E-state index in [2.05, 4.69) is 10.5 Å². The van der Waals surface area contributed by atoms with Crippen LogP contribution in [0.1, 0.15) is 35.9 Å². The minimum absolute atomic E-state index is 0.111. The van der Waals surface area contributed by atoms with E-state index in [-0.39, 0.29) is 25.4 Å². The van der Waals surface area contributed by atoms with E-state index < -0.39 is 11.5 Å². The van der Waals surface area contributed by atoms with Gasteiger partial charge in [0.05, 0.1) is 36.2 Å². The highest BCUT2D eigenvalue weighted by Gasteiger charge is 2.29. The van der Waals surface area contributed by atoms with E-state index >= 15 is 0 Å². The molecule has 1 aromatic heterocycles. The predicted octanol–water partition coefficient (Wildman–Crippen LogP) is 2.41. The predicted molar refractivity (Wildman–Crippen MR) is 101 cm³/mol. The standard InChI is InChI=1S/C20H26N2O6/c1-13-17(14(2)28-22-13)11-27-16-7-5-15(6-8-16)9-18(23)21-20(3,12-26-4)10-19(24)25/h5-8H,9-12H2,1-4H3,(H,21,23)(H,24,25). The number of benzene rings is 1. The van der Waals surface area contributed by atoms with E-state index in [1.54, 1.807) is 31.2 Å². The van der Waals surface area contributed by atoms with Gasteiger partial charge in [-0.05, 0) is 38.5 Å². The van der Waals surface area contributed by atoms with Crippen molar-refractivity contribution in [3.63, 3.8) is 0 Å². The van der Waals surface area contributed by atoms with Crippen molar-refractivity contribution in [3.8, 4) is 5.75 Å². The van der Waals surface area contributed by atoms with Gasteiger partial charge in [0.1, 0.15) is 18.1 Å². The van der Waals surface area contributed by atoms with Gasteiger partial charge in [-0.3, -0.25) is 9.59 Å². The number of carboxylic acids is 1. The average Bonchev–Trinajstić information content (AvgIpc) is 2.91. The Morgan fingerprint density at radius 3 is 2.46 bits per heavy atom. The summed E-state index contributed by atoms with van der Waals surface area (Å²) in [5.74, 6) is 0.121. The first kappa shape index (κ1) is 21.4. The number of methoxy groups -OCH3 is 1. The fourth-order valence-electron chi connectivity index (χ4n) is 2.92. The minimum Gasteiger partial charge on any atom is -0.489 e. The van der Waals surface area contributed by atoms with Gasteiger partial charge in [-0.25, -0.2) is 0 Å². The van der Waals surface area contributed by atoms with Gasteiger partial charge in [0, 0.05) is 7.11 Å². The molecule has 0 bridgehead atoms. The molecule has 1 atom stereocenters. The Morgan fingerprint density at radius 2 is 1.93 bits per heavy atom. The normalized spacial score (nSPS) is 13.0. The molecule has 2 rings (SSSR count). The summed E-state index contributed by atoms with van der Waals surface area (Å²) in [5.41, 5.74) is 1.54. The molecule has 1 amide bonds. The molecule has 28 heavy (non-hydrogen) atoms. The number of hydrogen-bond donors (Lipinski definition) is 2. The molecule has 2 aromatic rings. The Bertz CT molecular complexity index is 795. The lowest BCUT2D eigenvalue weighted by atomic mass is 9.98. The molecule has 8 heteroatoms. The van der Waals surface area contributed by atoms with Crippen molar-refractivity contribution in [2.45, 2.75) is 45.8 Å². The topological polar surface area (TPSA) is 111 Å². The number of aliphatic carboxylic acids is 1. The number of carbonyl (C=O) groups is 2. The first-order valence-corrected chi connectivity index (χ1v) is 8.87. The first-order chi connectivity index (χ1) is 13.2. The fraction of sp³-hybridized carbons (Fsp3) is 0.450. The molecule has 0 spiro atoms. The van der Waals surface area contributed by atoms with Gasteiger partial charge in [-0.2, -0.15) is 0 Å². The largest absolute Gasteiger partial charge is 0.489 e. The molecule has 1 aromatic carbocycles. The van der Waals surface area contributed by atoms with Crippen LogP contribution < -0.4 is 10.1 Å². The van der Waals surface area contributed by atoms with E-state index in [1.165, 1.54) is 7.11 Å². The summed E-state index contributed by atoms with van der Waals surface area (Å²) in [4.78, 5) is 23.3. The van der Waals surface area contributed by atoms with Crippen molar-refractivity contribution in [3.05, 3.63) is 46.8 Å². The Labute approximate surface area is 163 Å². The van der Waals surface area contributed by atoms with Crippen LogP contribution >= 0.6 is 0 Å². The van der Waals surface area contributed by atoms with Crippen molar-refractivity contribution in [2.75, 3.05) is 13.7 Å². The van der Waals surface area contributed by atoms with Crippen LogP contribution in [0.5, 0.6) is 5.75 Å². The molecule has 0 aliphatic heterocycles. The molecule has 8 nitrogen and oxygen atoms in total. The van der Waals surface area contributed by atoms with Crippen molar-refractivity contribution in [2.24, 2.45) is 0 Å². The zero-order chi connectivity index (χ0) is 20.7. The Kier molecular flexibility index (Phi) is 7.17. The van der Waals surface area contributed by atoms with Crippen LogP contribution in [0.3, 0.4) is 0 Å². The number of aromatic nitrogens is 1. The number of carboxylic acid groups (broad SMARTS) is 1. The molecule has 0 aliphatic carbocycles. The number of hydrogen-bond acceptors (Lipinski definition) is 6. The third-order valence-corrected chi connectivity index (χ3v) is 4.30. The molecule has 0 saturated carbocycles. The van der Waals surface area contributed by atoms with Gasteiger partial charge in [0.2, 0.25) is 5.91 Å². The number of rotatable bonds is 10. The number of carbonyl (C=O) groups excluding carboxylic acids is 1. The molecular weight excluding hydrogens is 364 g/mol. The van der Waals surface area contributed by atoms with Gasteiger partial charge in [0.15, 0.2) is 0 Å². The van der Waals surface area contributed by atoms with Gasteiger partial charge in [-0.1, -0.05) is 17.3 Å². The lowest BCUT2D eigenvalue weighted by Crippen LogP contribution is -2.51. The van der Waals surface area contributed by atoms with Gasteiger partial charge in [0.25, 0.3) is 0 Å².